The maximum atomic E-state index is 12.8. The van der Waals surface area contributed by atoms with Gasteiger partial charge in [0.2, 0.25) is 0 Å². The fourth-order valence-electron chi connectivity index (χ4n) is 3.76. The minimum absolute atomic E-state index is 0.0300. The van der Waals surface area contributed by atoms with E-state index in [1.54, 1.807) is 20.0 Å². The number of aliphatic hydroxyl groups is 1. The van der Waals surface area contributed by atoms with Crippen LogP contribution in [0.5, 0.6) is 0 Å². The molecule has 0 aliphatic rings. The lowest BCUT2D eigenvalue weighted by atomic mass is 10.0. The Kier molecular flexibility index (Phi) is 6.23. The van der Waals surface area contributed by atoms with Crippen LogP contribution in [-0.4, -0.2) is 40.6 Å². The number of aryl methyl sites for hydroxylation is 3. The van der Waals surface area contributed by atoms with Crippen molar-refractivity contribution in [2.24, 2.45) is 5.92 Å². The number of benzene rings is 1. The summed E-state index contributed by atoms with van der Waals surface area (Å²) >= 11 is 0. The second-order valence-corrected chi connectivity index (χ2v) is 7.83. The molecule has 0 saturated heterocycles. The van der Waals surface area contributed by atoms with Crippen LogP contribution in [0.25, 0.3) is 10.9 Å². The molecule has 1 amide bonds. The molecule has 154 valence electrons. The summed E-state index contributed by atoms with van der Waals surface area (Å²) in [6, 6.07) is 9.47. The first-order valence-electron chi connectivity index (χ1n) is 9.90. The molecule has 0 bridgehead atoms. The molecule has 3 rings (SSSR count). The first-order valence-corrected chi connectivity index (χ1v) is 9.90. The van der Waals surface area contributed by atoms with Crippen molar-refractivity contribution >= 4 is 16.8 Å². The molecule has 0 fully saturated rings. The Morgan fingerprint density at radius 2 is 1.97 bits per heavy atom. The highest BCUT2D eigenvalue weighted by atomic mass is 16.4. The molecule has 0 aliphatic heterocycles. The third kappa shape index (κ3) is 4.27. The van der Waals surface area contributed by atoms with Crippen LogP contribution in [0, 0.1) is 12.8 Å². The zero-order chi connectivity index (χ0) is 21.1. The molecule has 2 N–H and O–H groups in total. The lowest BCUT2D eigenvalue weighted by molar-refractivity contribution is 0.0583. The SMILES string of the molecule is Cc1cc(CCc2c[nH]c3ccccc23)oc(=O)c1C(=O)N(C)C(CO)C(C)C. The summed E-state index contributed by atoms with van der Waals surface area (Å²) in [4.78, 5) is 30.1. The van der Waals surface area contributed by atoms with Gasteiger partial charge in [-0.1, -0.05) is 32.0 Å². The van der Waals surface area contributed by atoms with Crippen molar-refractivity contribution in [2.45, 2.75) is 39.7 Å². The van der Waals surface area contributed by atoms with Gasteiger partial charge in [0, 0.05) is 30.6 Å². The summed E-state index contributed by atoms with van der Waals surface area (Å²) in [6.45, 7) is 5.44. The molecule has 1 unspecified atom stereocenters. The van der Waals surface area contributed by atoms with Gasteiger partial charge in [-0.3, -0.25) is 4.79 Å². The minimum Gasteiger partial charge on any atom is -0.427 e. The first kappa shape index (κ1) is 20.9. The van der Waals surface area contributed by atoms with Gasteiger partial charge in [0.15, 0.2) is 0 Å². The number of rotatable bonds is 7. The highest BCUT2D eigenvalue weighted by Crippen LogP contribution is 2.20. The van der Waals surface area contributed by atoms with Crippen LogP contribution in [0.4, 0.5) is 0 Å². The second-order valence-electron chi connectivity index (χ2n) is 7.83. The number of para-hydroxylation sites is 1. The summed E-state index contributed by atoms with van der Waals surface area (Å²) in [5, 5.41) is 10.7. The van der Waals surface area contributed by atoms with Crippen molar-refractivity contribution in [3.63, 3.8) is 0 Å². The third-order valence-corrected chi connectivity index (χ3v) is 5.50. The van der Waals surface area contributed by atoms with E-state index in [1.165, 1.54) is 4.90 Å². The van der Waals surface area contributed by atoms with Crippen LogP contribution in [0.1, 0.15) is 41.1 Å². The molecule has 1 aromatic carbocycles. The molecule has 0 radical (unpaired) electrons. The molecule has 1 atom stereocenters. The highest BCUT2D eigenvalue weighted by Gasteiger charge is 2.27. The van der Waals surface area contributed by atoms with Gasteiger partial charge in [0.1, 0.15) is 11.3 Å². The molecule has 29 heavy (non-hydrogen) atoms. The van der Waals surface area contributed by atoms with E-state index in [0.29, 0.717) is 17.7 Å². The summed E-state index contributed by atoms with van der Waals surface area (Å²) in [5.41, 5.74) is 2.22. The van der Waals surface area contributed by atoms with Crippen molar-refractivity contribution in [2.75, 3.05) is 13.7 Å². The Labute approximate surface area is 170 Å². The predicted molar refractivity (Wildman–Crippen MR) is 113 cm³/mol. The quantitative estimate of drug-likeness (QED) is 0.642. The average molecular weight is 396 g/mol. The van der Waals surface area contributed by atoms with E-state index >= 15 is 0 Å². The van der Waals surface area contributed by atoms with Crippen molar-refractivity contribution in [1.29, 1.82) is 0 Å². The summed E-state index contributed by atoms with van der Waals surface area (Å²) in [5.74, 6) is 0.198. The number of H-pyrrole nitrogens is 1. The average Bonchev–Trinajstić information content (AvgIpc) is 3.09. The maximum absolute atomic E-state index is 12.8. The summed E-state index contributed by atoms with van der Waals surface area (Å²) < 4.78 is 5.47. The number of nitrogens with zero attached hydrogens (tertiary/aromatic N) is 1. The van der Waals surface area contributed by atoms with E-state index in [2.05, 4.69) is 11.1 Å². The van der Waals surface area contributed by atoms with E-state index in [-0.39, 0.29) is 24.1 Å². The van der Waals surface area contributed by atoms with E-state index in [0.717, 1.165) is 22.9 Å². The van der Waals surface area contributed by atoms with Gasteiger partial charge in [0.05, 0.1) is 12.6 Å². The lowest BCUT2D eigenvalue weighted by Gasteiger charge is -2.29. The molecule has 2 heterocycles. The largest absolute Gasteiger partial charge is 0.427 e. The van der Waals surface area contributed by atoms with Crippen molar-refractivity contribution in [3.05, 3.63) is 69.4 Å². The normalized spacial score (nSPS) is 12.5. The topological polar surface area (TPSA) is 86.5 Å². The second kappa shape index (κ2) is 8.66. The molecular formula is C23H28N2O4. The lowest BCUT2D eigenvalue weighted by Crippen LogP contribution is -2.44. The fraction of sp³-hybridized carbons (Fsp3) is 0.391. The number of hydrogen-bond acceptors (Lipinski definition) is 4. The summed E-state index contributed by atoms with van der Waals surface area (Å²) in [7, 11) is 1.60. The Morgan fingerprint density at radius 3 is 2.62 bits per heavy atom. The number of amides is 1. The number of likely N-dealkylation sites (N-methyl/N-ethyl adjacent to an activating group) is 1. The zero-order valence-electron chi connectivity index (χ0n) is 17.4. The Bertz CT molecular complexity index is 1060. The highest BCUT2D eigenvalue weighted by molar-refractivity contribution is 5.95. The van der Waals surface area contributed by atoms with E-state index in [4.69, 9.17) is 4.42 Å². The van der Waals surface area contributed by atoms with Crippen molar-refractivity contribution in [3.8, 4) is 0 Å². The summed E-state index contributed by atoms with van der Waals surface area (Å²) in [6.07, 6.45) is 3.26. The van der Waals surface area contributed by atoms with Crippen LogP contribution in [0.2, 0.25) is 0 Å². The molecular weight excluding hydrogens is 368 g/mol. The van der Waals surface area contributed by atoms with Crippen LogP contribution in [0.15, 0.2) is 45.7 Å². The van der Waals surface area contributed by atoms with Crippen LogP contribution in [0.3, 0.4) is 0 Å². The number of aliphatic hydroxyl groups excluding tert-OH is 1. The number of aromatic nitrogens is 1. The van der Waals surface area contributed by atoms with Crippen molar-refractivity contribution < 1.29 is 14.3 Å². The Hall–Kier alpha value is -2.86. The molecule has 3 aromatic rings. The molecule has 6 nitrogen and oxygen atoms in total. The van der Waals surface area contributed by atoms with Gasteiger partial charge in [-0.05, 0) is 42.5 Å². The fourth-order valence-corrected chi connectivity index (χ4v) is 3.76. The molecule has 0 aliphatic carbocycles. The molecule has 0 saturated carbocycles. The van der Waals surface area contributed by atoms with Gasteiger partial charge in [-0.15, -0.1) is 0 Å². The number of carbonyl (C=O) groups excluding carboxylic acids is 1. The smallest absolute Gasteiger partial charge is 0.349 e. The number of aromatic amines is 1. The van der Waals surface area contributed by atoms with E-state index in [1.807, 2.05) is 38.2 Å². The third-order valence-electron chi connectivity index (χ3n) is 5.50. The predicted octanol–water partition coefficient (Wildman–Crippen LogP) is 3.30. The van der Waals surface area contributed by atoms with Gasteiger partial charge in [-0.25, -0.2) is 4.79 Å². The molecule has 6 heteroatoms. The standard InChI is InChI=1S/C23H28N2O4/c1-14(2)20(13-26)25(4)22(27)21-15(3)11-17(29-23(21)28)10-9-16-12-24-19-8-6-5-7-18(16)19/h5-8,11-12,14,20,24,26H,9-10,13H2,1-4H3. The zero-order valence-corrected chi connectivity index (χ0v) is 17.4. The van der Waals surface area contributed by atoms with E-state index < -0.39 is 11.5 Å². The van der Waals surface area contributed by atoms with Crippen LogP contribution in [-0.2, 0) is 12.8 Å². The number of hydrogen-bond donors (Lipinski definition) is 2. The Morgan fingerprint density at radius 1 is 1.24 bits per heavy atom. The molecule has 0 spiro atoms. The molecule has 2 aromatic heterocycles. The van der Waals surface area contributed by atoms with Gasteiger partial charge >= 0.3 is 5.63 Å². The minimum atomic E-state index is -0.628. The van der Waals surface area contributed by atoms with Crippen molar-refractivity contribution in [1.82, 2.24) is 9.88 Å². The number of carbonyl (C=O) groups is 1. The van der Waals surface area contributed by atoms with E-state index in [9.17, 15) is 14.7 Å². The van der Waals surface area contributed by atoms with Gasteiger partial charge in [-0.2, -0.15) is 0 Å². The first-order chi connectivity index (χ1) is 13.8. The number of fused-ring (bicyclic) bond motifs is 1. The van der Waals surface area contributed by atoms with Crippen LogP contribution < -0.4 is 5.63 Å². The number of nitrogens with one attached hydrogen (secondary N) is 1. The Balaban J connectivity index is 1.80. The maximum Gasteiger partial charge on any atom is 0.349 e. The van der Waals surface area contributed by atoms with Gasteiger partial charge < -0.3 is 19.4 Å². The van der Waals surface area contributed by atoms with Crippen LogP contribution >= 0.6 is 0 Å². The van der Waals surface area contributed by atoms with Gasteiger partial charge in [0.25, 0.3) is 5.91 Å². The monoisotopic (exact) mass is 396 g/mol.